The van der Waals surface area contributed by atoms with E-state index in [1.807, 2.05) is 62.4 Å². The molecule has 0 saturated carbocycles. The quantitative estimate of drug-likeness (QED) is 0.357. The molecule has 1 saturated heterocycles. The lowest BCUT2D eigenvalue weighted by Crippen LogP contribution is -2.47. The van der Waals surface area contributed by atoms with Gasteiger partial charge in [-0.2, -0.15) is 4.31 Å². The summed E-state index contributed by atoms with van der Waals surface area (Å²) in [5, 5.41) is 0.586. The molecule has 8 heteroatoms. The highest BCUT2D eigenvalue weighted by Crippen LogP contribution is 2.34. The van der Waals surface area contributed by atoms with Crippen molar-refractivity contribution in [1.29, 1.82) is 0 Å². The van der Waals surface area contributed by atoms with E-state index in [9.17, 15) is 13.2 Å². The maximum atomic E-state index is 14.0. The molecular formula is C27H27N3O3S2. The average Bonchev–Trinajstić information content (AvgIpc) is 3.52. The van der Waals surface area contributed by atoms with Crippen molar-refractivity contribution in [1.82, 2.24) is 9.29 Å². The molecule has 1 fully saturated rings. The molecule has 1 amide bonds. The van der Waals surface area contributed by atoms with Gasteiger partial charge in [-0.05, 0) is 56.0 Å². The fourth-order valence-electron chi connectivity index (χ4n) is 4.50. The van der Waals surface area contributed by atoms with Gasteiger partial charge < -0.3 is 0 Å². The lowest BCUT2D eigenvalue weighted by molar-refractivity contribution is -0.121. The van der Waals surface area contributed by atoms with Gasteiger partial charge in [-0.1, -0.05) is 71.5 Å². The van der Waals surface area contributed by atoms with Crippen molar-refractivity contribution in [3.63, 3.8) is 0 Å². The Labute approximate surface area is 209 Å². The Morgan fingerprint density at radius 3 is 2.49 bits per heavy atom. The zero-order valence-electron chi connectivity index (χ0n) is 19.7. The van der Waals surface area contributed by atoms with E-state index < -0.39 is 16.1 Å². The third-order valence-electron chi connectivity index (χ3n) is 6.41. The first-order valence-corrected chi connectivity index (χ1v) is 13.9. The van der Waals surface area contributed by atoms with Gasteiger partial charge in [0.05, 0.1) is 21.7 Å². The van der Waals surface area contributed by atoms with E-state index >= 15 is 0 Å². The van der Waals surface area contributed by atoms with Gasteiger partial charge in [0.1, 0.15) is 6.04 Å². The van der Waals surface area contributed by atoms with Gasteiger partial charge in [0, 0.05) is 6.54 Å². The van der Waals surface area contributed by atoms with E-state index in [1.54, 1.807) is 29.2 Å². The average molecular weight is 506 g/mol. The summed E-state index contributed by atoms with van der Waals surface area (Å²) in [5.74, 6) is -0.237. The zero-order valence-corrected chi connectivity index (χ0v) is 21.3. The molecule has 1 aromatic heterocycles. The Hall–Kier alpha value is -3.07. The van der Waals surface area contributed by atoms with Crippen molar-refractivity contribution < 1.29 is 13.2 Å². The van der Waals surface area contributed by atoms with Gasteiger partial charge in [-0.3, -0.25) is 9.69 Å². The molecule has 2 heterocycles. The third kappa shape index (κ3) is 4.61. The Bertz CT molecular complexity index is 1460. The molecule has 180 valence electrons. The first-order valence-electron chi connectivity index (χ1n) is 11.6. The number of aromatic nitrogens is 1. The van der Waals surface area contributed by atoms with Crippen LogP contribution in [0.1, 0.15) is 29.5 Å². The second kappa shape index (κ2) is 9.53. The minimum Gasteiger partial charge on any atom is -0.282 e. The van der Waals surface area contributed by atoms with Crippen molar-refractivity contribution in [3.05, 3.63) is 89.5 Å². The number of fused-ring (bicyclic) bond motifs is 1. The molecule has 5 rings (SSSR count). The molecule has 1 aliphatic heterocycles. The zero-order chi connectivity index (χ0) is 24.6. The highest BCUT2D eigenvalue weighted by atomic mass is 32.2. The largest absolute Gasteiger partial charge is 0.282 e. The number of hydrogen-bond donors (Lipinski definition) is 0. The minimum atomic E-state index is -3.80. The summed E-state index contributed by atoms with van der Waals surface area (Å²) < 4.78 is 29.4. The highest BCUT2D eigenvalue weighted by Gasteiger charge is 2.42. The standard InChI is InChI=1S/C27H27N3O3S2/c1-19-13-15-22(16-14-19)35(32,33)30-17-7-11-23(30)26(31)29(18-21-9-4-3-5-10-21)27-28-25-20(2)8-6-12-24(25)34-27/h3-6,8-10,12-16,23H,7,11,17-18H2,1-2H3. The Kier molecular flexibility index (Phi) is 6.44. The number of carbonyl (C=O) groups excluding carboxylic acids is 1. The topological polar surface area (TPSA) is 70.6 Å². The Balaban J connectivity index is 1.53. The molecule has 4 aromatic rings. The van der Waals surface area contributed by atoms with E-state index in [1.165, 1.54) is 15.6 Å². The van der Waals surface area contributed by atoms with Gasteiger partial charge >= 0.3 is 0 Å². The maximum absolute atomic E-state index is 14.0. The predicted molar refractivity (Wildman–Crippen MR) is 140 cm³/mol. The molecule has 0 radical (unpaired) electrons. The SMILES string of the molecule is Cc1ccc(S(=O)(=O)N2CCCC2C(=O)N(Cc2ccccc2)c2nc3c(C)cccc3s2)cc1. The summed E-state index contributed by atoms with van der Waals surface area (Å²) in [6, 6.07) is 21.7. The lowest BCUT2D eigenvalue weighted by Gasteiger charge is -2.28. The maximum Gasteiger partial charge on any atom is 0.247 e. The molecule has 0 bridgehead atoms. The summed E-state index contributed by atoms with van der Waals surface area (Å²) in [6.45, 7) is 4.57. The van der Waals surface area contributed by atoms with Crippen LogP contribution in [0.2, 0.25) is 0 Å². The second-order valence-corrected chi connectivity index (χ2v) is 11.8. The number of aryl methyl sites for hydroxylation is 2. The van der Waals surface area contributed by atoms with E-state index in [4.69, 9.17) is 4.98 Å². The minimum absolute atomic E-state index is 0.216. The Morgan fingerprint density at radius 1 is 1.03 bits per heavy atom. The van der Waals surface area contributed by atoms with Crippen LogP contribution in [0.5, 0.6) is 0 Å². The summed E-state index contributed by atoms with van der Waals surface area (Å²) >= 11 is 1.46. The molecule has 0 spiro atoms. The van der Waals surface area contributed by atoms with Crippen LogP contribution in [0, 0.1) is 13.8 Å². The molecule has 1 unspecified atom stereocenters. The number of anilines is 1. The van der Waals surface area contributed by atoms with Gasteiger partial charge in [0.15, 0.2) is 5.13 Å². The fraction of sp³-hybridized carbons (Fsp3) is 0.259. The lowest BCUT2D eigenvalue weighted by atomic mass is 10.1. The Morgan fingerprint density at radius 2 is 1.77 bits per heavy atom. The number of benzene rings is 3. The summed E-state index contributed by atoms with van der Waals surface area (Å²) in [4.78, 5) is 20.7. The van der Waals surface area contributed by atoms with Crippen LogP contribution in [0.15, 0.2) is 77.7 Å². The summed E-state index contributed by atoms with van der Waals surface area (Å²) in [7, 11) is -3.80. The van der Waals surface area contributed by atoms with Crippen LogP contribution in [0.3, 0.4) is 0 Å². The molecule has 1 atom stereocenters. The molecular weight excluding hydrogens is 478 g/mol. The van der Waals surface area contributed by atoms with Crippen LogP contribution in [0.25, 0.3) is 10.2 Å². The smallest absolute Gasteiger partial charge is 0.247 e. The molecule has 35 heavy (non-hydrogen) atoms. The first kappa shape index (κ1) is 23.7. The van der Waals surface area contributed by atoms with E-state index in [0.29, 0.717) is 31.1 Å². The molecule has 0 N–H and O–H groups in total. The van der Waals surface area contributed by atoms with E-state index in [0.717, 1.165) is 26.9 Å². The number of sulfonamides is 1. The molecule has 6 nitrogen and oxygen atoms in total. The van der Waals surface area contributed by atoms with Crippen molar-refractivity contribution in [2.45, 2.75) is 44.2 Å². The number of para-hydroxylation sites is 1. The number of hydrogen-bond acceptors (Lipinski definition) is 5. The van der Waals surface area contributed by atoms with Crippen molar-refractivity contribution in [3.8, 4) is 0 Å². The predicted octanol–water partition coefficient (Wildman–Crippen LogP) is 5.30. The number of rotatable bonds is 6. The van der Waals surface area contributed by atoms with E-state index in [2.05, 4.69) is 0 Å². The molecule has 3 aromatic carbocycles. The number of nitrogens with zero attached hydrogens (tertiary/aromatic N) is 3. The summed E-state index contributed by atoms with van der Waals surface area (Å²) in [6.07, 6.45) is 1.12. The van der Waals surface area contributed by atoms with Crippen LogP contribution < -0.4 is 4.90 Å². The van der Waals surface area contributed by atoms with Gasteiger partial charge in [0.2, 0.25) is 15.9 Å². The van der Waals surface area contributed by atoms with Gasteiger partial charge in [-0.15, -0.1) is 0 Å². The summed E-state index contributed by atoms with van der Waals surface area (Å²) in [5.41, 5.74) is 3.86. The van der Waals surface area contributed by atoms with Crippen LogP contribution in [-0.4, -0.2) is 36.2 Å². The monoisotopic (exact) mass is 505 g/mol. The molecule has 0 aliphatic carbocycles. The third-order valence-corrected chi connectivity index (χ3v) is 9.37. The van der Waals surface area contributed by atoms with Crippen molar-refractivity contribution in [2.75, 3.05) is 11.4 Å². The van der Waals surface area contributed by atoms with Gasteiger partial charge in [-0.25, -0.2) is 13.4 Å². The van der Waals surface area contributed by atoms with Crippen LogP contribution >= 0.6 is 11.3 Å². The second-order valence-electron chi connectivity index (χ2n) is 8.91. The van der Waals surface area contributed by atoms with E-state index in [-0.39, 0.29) is 10.8 Å². The van der Waals surface area contributed by atoms with Crippen molar-refractivity contribution in [2.24, 2.45) is 0 Å². The molecule has 1 aliphatic rings. The number of carbonyl (C=O) groups is 1. The number of thiazole rings is 1. The highest BCUT2D eigenvalue weighted by molar-refractivity contribution is 7.89. The fourth-order valence-corrected chi connectivity index (χ4v) is 7.20. The van der Waals surface area contributed by atoms with Gasteiger partial charge in [0.25, 0.3) is 0 Å². The van der Waals surface area contributed by atoms with Crippen LogP contribution in [0.4, 0.5) is 5.13 Å². The van der Waals surface area contributed by atoms with Crippen LogP contribution in [-0.2, 0) is 21.4 Å². The normalized spacial score (nSPS) is 16.6. The first-order chi connectivity index (χ1) is 16.8. The number of amides is 1. The van der Waals surface area contributed by atoms with Crippen molar-refractivity contribution >= 4 is 42.6 Å².